The van der Waals surface area contributed by atoms with Gasteiger partial charge in [-0.25, -0.2) is 13.1 Å². The summed E-state index contributed by atoms with van der Waals surface area (Å²) in [6.07, 6.45) is 2.78. The fourth-order valence-corrected chi connectivity index (χ4v) is 3.57. The minimum Gasteiger partial charge on any atom is -0.274 e. The molecule has 2 heterocycles. The number of carbonyl (C=O) groups is 2. The quantitative estimate of drug-likeness (QED) is 0.818. The molecule has 0 spiro atoms. The minimum atomic E-state index is -3.71. The van der Waals surface area contributed by atoms with Crippen LogP contribution in [-0.2, 0) is 26.2 Å². The van der Waals surface area contributed by atoms with Crippen molar-refractivity contribution in [1.29, 1.82) is 0 Å². The first-order valence-electron chi connectivity index (χ1n) is 7.83. The molecule has 0 radical (unpaired) electrons. The highest BCUT2D eigenvalue weighted by atomic mass is 32.2. The lowest BCUT2D eigenvalue weighted by molar-refractivity contribution is -0.129. The third-order valence-corrected chi connectivity index (χ3v) is 5.27. The van der Waals surface area contributed by atoms with Crippen molar-refractivity contribution in [2.24, 2.45) is 0 Å². The molecule has 2 aromatic rings. The van der Waals surface area contributed by atoms with Crippen molar-refractivity contribution in [2.75, 3.05) is 4.90 Å². The maximum Gasteiger partial charge on any atom is 0.240 e. The summed E-state index contributed by atoms with van der Waals surface area (Å²) in [7, 11) is -3.71. The van der Waals surface area contributed by atoms with E-state index in [2.05, 4.69) is 9.71 Å². The van der Waals surface area contributed by atoms with Crippen molar-refractivity contribution in [1.82, 2.24) is 9.71 Å². The Morgan fingerprint density at radius 1 is 1.00 bits per heavy atom. The Morgan fingerprint density at radius 3 is 2.28 bits per heavy atom. The SMILES string of the molecule is O=C1CCCC(=O)N1c1ccc(S(=O)(=O)NCc2ccccn2)cc1. The van der Waals surface area contributed by atoms with Gasteiger partial charge in [-0.3, -0.25) is 19.5 Å². The van der Waals surface area contributed by atoms with Crippen LogP contribution >= 0.6 is 0 Å². The number of pyridine rings is 1. The monoisotopic (exact) mass is 359 g/mol. The highest BCUT2D eigenvalue weighted by Crippen LogP contribution is 2.23. The Morgan fingerprint density at radius 2 is 1.68 bits per heavy atom. The van der Waals surface area contributed by atoms with Crippen LogP contribution in [0.1, 0.15) is 25.0 Å². The Bertz CT molecular complexity index is 864. The van der Waals surface area contributed by atoms with Crippen molar-refractivity contribution in [3.63, 3.8) is 0 Å². The second-order valence-corrected chi connectivity index (χ2v) is 7.38. The molecule has 25 heavy (non-hydrogen) atoms. The van der Waals surface area contributed by atoms with Gasteiger partial charge in [0.25, 0.3) is 0 Å². The zero-order chi connectivity index (χ0) is 17.9. The van der Waals surface area contributed by atoms with Crippen molar-refractivity contribution in [2.45, 2.75) is 30.7 Å². The van der Waals surface area contributed by atoms with Crippen LogP contribution in [0.4, 0.5) is 5.69 Å². The van der Waals surface area contributed by atoms with E-state index >= 15 is 0 Å². The van der Waals surface area contributed by atoms with E-state index in [0.717, 1.165) is 4.90 Å². The average Bonchev–Trinajstić information content (AvgIpc) is 2.61. The summed E-state index contributed by atoms with van der Waals surface area (Å²) in [6, 6.07) is 10.9. The maximum absolute atomic E-state index is 12.3. The molecule has 0 saturated carbocycles. The van der Waals surface area contributed by atoms with E-state index in [1.807, 2.05) is 0 Å². The molecule has 0 aliphatic carbocycles. The van der Waals surface area contributed by atoms with E-state index in [-0.39, 0.29) is 23.3 Å². The third-order valence-electron chi connectivity index (χ3n) is 3.85. The highest BCUT2D eigenvalue weighted by Gasteiger charge is 2.27. The van der Waals surface area contributed by atoms with Gasteiger partial charge in [0.15, 0.2) is 0 Å². The predicted octanol–water partition coefficient (Wildman–Crippen LogP) is 1.60. The predicted molar refractivity (Wildman–Crippen MR) is 91.0 cm³/mol. The molecule has 8 heteroatoms. The summed E-state index contributed by atoms with van der Waals surface area (Å²) in [5.74, 6) is -0.528. The number of anilines is 1. The Hall–Kier alpha value is -2.58. The van der Waals surface area contributed by atoms with E-state index in [4.69, 9.17) is 0 Å². The number of hydrogen-bond acceptors (Lipinski definition) is 5. The lowest BCUT2D eigenvalue weighted by Gasteiger charge is -2.24. The van der Waals surface area contributed by atoms with Gasteiger partial charge in [-0.2, -0.15) is 0 Å². The molecular weight excluding hydrogens is 342 g/mol. The van der Waals surface area contributed by atoms with Crippen LogP contribution in [0.25, 0.3) is 0 Å². The first kappa shape index (κ1) is 17.2. The number of imide groups is 1. The first-order valence-corrected chi connectivity index (χ1v) is 9.31. The summed E-state index contributed by atoms with van der Waals surface area (Å²) in [5, 5.41) is 0. The molecule has 1 aliphatic heterocycles. The number of sulfonamides is 1. The normalized spacial score (nSPS) is 15.4. The number of hydrogen-bond donors (Lipinski definition) is 1. The molecule has 130 valence electrons. The summed E-state index contributed by atoms with van der Waals surface area (Å²) < 4.78 is 27.1. The smallest absolute Gasteiger partial charge is 0.240 e. The molecule has 1 aromatic carbocycles. The van der Waals surface area contributed by atoms with Gasteiger partial charge in [0.1, 0.15) is 0 Å². The molecule has 3 rings (SSSR count). The fraction of sp³-hybridized carbons (Fsp3) is 0.235. The van der Waals surface area contributed by atoms with Crippen molar-refractivity contribution >= 4 is 27.5 Å². The van der Waals surface area contributed by atoms with Crippen LogP contribution < -0.4 is 9.62 Å². The molecule has 1 N–H and O–H groups in total. The third kappa shape index (κ3) is 3.92. The summed E-state index contributed by atoms with van der Waals surface area (Å²) in [6.45, 7) is 0.0774. The number of amides is 2. The van der Waals surface area contributed by atoms with Crippen LogP contribution in [0, 0.1) is 0 Å². The molecule has 0 atom stereocenters. The van der Waals surface area contributed by atoms with Gasteiger partial charge < -0.3 is 0 Å². The number of piperidine rings is 1. The fourth-order valence-electron chi connectivity index (χ4n) is 2.57. The number of rotatable bonds is 5. The number of aromatic nitrogens is 1. The van der Waals surface area contributed by atoms with Crippen LogP contribution in [0.2, 0.25) is 0 Å². The van der Waals surface area contributed by atoms with E-state index in [9.17, 15) is 18.0 Å². The van der Waals surface area contributed by atoms with E-state index in [1.165, 1.54) is 24.3 Å². The highest BCUT2D eigenvalue weighted by molar-refractivity contribution is 7.89. The second kappa shape index (κ2) is 7.12. The Balaban J connectivity index is 1.75. The van der Waals surface area contributed by atoms with Gasteiger partial charge in [0.2, 0.25) is 21.8 Å². The molecular formula is C17H17N3O4S. The van der Waals surface area contributed by atoms with Crippen LogP contribution in [0.3, 0.4) is 0 Å². The second-order valence-electron chi connectivity index (χ2n) is 5.62. The van der Waals surface area contributed by atoms with Crippen LogP contribution in [0.5, 0.6) is 0 Å². The molecule has 2 amide bonds. The molecule has 7 nitrogen and oxygen atoms in total. The molecule has 1 aromatic heterocycles. The molecule has 0 unspecified atom stereocenters. The largest absolute Gasteiger partial charge is 0.274 e. The lowest BCUT2D eigenvalue weighted by atomic mass is 10.1. The van der Waals surface area contributed by atoms with Crippen molar-refractivity contribution in [3.8, 4) is 0 Å². The Labute approximate surface area is 145 Å². The van der Waals surface area contributed by atoms with Gasteiger partial charge in [-0.15, -0.1) is 0 Å². The summed E-state index contributed by atoms with van der Waals surface area (Å²) >= 11 is 0. The molecule has 1 aliphatic rings. The number of benzene rings is 1. The number of nitrogens with zero attached hydrogens (tertiary/aromatic N) is 2. The number of carbonyl (C=O) groups excluding carboxylic acids is 2. The first-order chi connectivity index (χ1) is 12.0. The van der Waals surface area contributed by atoms with Gasteiger partial charge >= 0.3 is 0 Å². The van der Waals surface area contributed by atoms with Crippen LogP contribution in [0.15, 0.2) is 53.6 Å². The maximum atomic E-state index is 12.3. The zero-order valence-electron chi connectivity index (χ0n) is 13.4. The van der Waals surface area contributed by atoms with E-state index in [0.29, 0.717) is 30.6 Å². The molecule has 0 bridgehead atoms. The molecule has 1 saturated heterocycles. The van der Waals surface area contributed by atoms with Crippen molar-refractivity contribution in [3.05, 3.63) is 54.4 Å². The van der Waals surface area contributed by atoms with Crippen LogP contribution in [-0.4, -0.2) is 25.2 Å². The van der Waals surface area contributed by atoms with Gasteiger partial charge in [0, 0.05) is 19.0 Å². The summed E-state index contributed by atoms with van der Waals surface area (Å²) in [5.41, 5.74) is 0.991. The number of nitrogens with one attached hydrogen (secondary N) is 1. The minimum absolute atomic E-state index is 0.0593. The van der Waals surface area contributed by atoms with Gasteiger partial charge in [0.05, 0.1) is 22.8 Å². The van der Waals surface area contributed by atoms with Gasteiger partial charge in [-0.05, 0) is 42.8 Å². The average molecular weight is 359 g/mol. The molecule has 1 fully saturated rings. The van der Waals surface area contributed by atoms with Crippen molar-refractivity contribution < 1.29 is 18.0 Å². The lowest BCUT2D eigenvalue weighted by Crippen LogP contribution is -2.40. The van der Waals surface area contributed by atoms with Gasteiger partial charge in [-0.1, -0.05) is 6.07 Å². The summed E-state index contributed by atoms with van der Waals surface area (Å²) in [4.78, 5) is 29.1. The van der Waals surface area contributed by atoms with E-state index in [1.54, 1.807) is 24.4 Å². The topological polar surface area (TPSA) is 96.4 Å². The Kier molecular flexibility index (Phi) is 4.91. The standard InChI is InChI=1S/C17H17N3O4S/c21-16-5-3-6-17(22)20(16)14-7-9-15(10-8-14)25(23,24)19-12-13-4-1-2-11-18-13/h1-2,4,7-11,19H,3,5-6,12H2. The van der Waals surface area contributed by atoms with E-state index < -0.39 is 10.0 Å². The zero-order valence-corrected chi connectivity index (χ0v) is 14.2.